The topological polar surface area (TPSA) is 103 Å². The lowest BCUT2D eigenvalue weighted by molar-refractivity contribution is -0.141. The van der Waals surface area contributed by atoms with Gasteiger partial charge < -0.3 is 24.8 Å². The van der Waals surface area contributed by atoms with Crippen molar-refractivity contribution in [2.45, 2.75) is 25.1 Å². The summed E-state index contributed by atoms with van der Waals surface area (Å²) in [6.45, 7) is 0.294. The summed E-state index contributed by atoms with van der Waals surface area (Å²) < 4.78 is 4.85. The molecule has 2 rings (SSSR count). The fourth-order valence-corrected chi connectivity index (χ4v) is 1.94. The fraction of sp³-hybridized carbons (Fsp3) is 0.455. The van der Waals surface area contributed by atoms with Crippen LogP contribution >= 0.6 is 0 Å². The molecular formula is C11H14N2O5. The summed E-state index contributed by atoms with van der Waals surface area (Å²) in [5.41, 5.74) is 0.787. The van der Waals surface area contributed by atoms with Crippen LogP contribution in [0.25, 0.3) is 0 Å². The molecule has 98 valence electrons. The Hall–Kier alpha value is -2.02. The van der Waals surface area contributed by atoms with Gasteiger partial charge in [-0.05, 0) is 6.07 Å². The van der Waals surface area contributed by atoms with Crippen LogP contribution in [0.5, 0.6) is 0 Å². The van der Waals surface area contributed by atoms with Gasteiger partial charge in [0.05, 0.1) is 18.6 Å². The fourth-order valence-electron chi connectivity index (χ4n) is 1.94. The van der Waals surface area contributed by atoms with Gasteiger partial charge in [-0.2, -0.15) is 0 Å². The largest absolute Gasteiger partial charge is 0.480 e. The van der Waals surface area contributed by atoms with E-state index in [1.54, 1.807) is 6.07 Å². The highest BCUT2D eigenvalue weighted by atomic mass is 16.4. The maximum atomic E-state index is 11.8. The summed E-state index contributed by atoms with van der Waals surface area (Å²) in [6.07, 6.45) is 2.26. The van der Waals surface area contributed by atoms with E-state index in [1.807, 2.05) is 0 Å². The molecule has 3 N–H and O–H groups in total. The van der Waals surface area contributed by atoms with Gasteiger partial charge in [0.2, 0.25) is 0 Å². The third-order valence-electron chi connectivity index (χ3n) is 2.85. The van der Waals surface area contributed by atoms with Gasteiger partial charge >= 0.3 is 12.0 Å². The van der Waals surface area contributed by atoms with Crippen molar-refractivity contribution >= 4 is 12.0 Å². The lowest BCUT2D eigenvalue weighted by Crippen LogP contribution is -2.45. The first kappa shape index (κ1) is 12.4. The Labute approximate surface area is 103 Å². The van der Waals surface area contributed by atoms with Gasteiger partial charge in [-0.25, -0.2) is 9.59 Å². The van der Waals surface area contributed by atoms with Crippen molar-refractivity contribution in [2.24, 2.45) is 0 Å². The smallest absolute Gasteiger partial charge is 0.326 e. The number of furan rings is 1. The number of carbonyl (C=O) groups is 2. The van der Waals surface area contributed by atoms with Gasteiger partial charge in [0, 0.05) is 25.1 Å². The van der Waals surface area contributed by atoms with Crippen LogP contribution in [-0.4, -0.2) is 45.8 Å². The first-order valence-corrected chi connectivity index (χ1v) is 5.54. The number of rotatable bonds is 3. The van der Waals surface area contributed by atoms with Gasteiger partial charge in [-0.15, -0.1) is 0 Å². The molecule has 0 radical (unpaired) electrons. The predicted octanol–water partition coefficient (Wildman–Crippen LogP) is 0.00900. The van der Waals surface area contributed by atoms with Crippen LogP contribution in [0.3, 0.4) is 0 Å². The molecule has 0 unspecified atom stereocenters. The highest BCUT2D eigenvalue weighted by Gasteiger charge is 2.38. The molecule has 18 heavy (non-hydrogen) atoms. The number of nitrogens with zero attached hydrogens (tertiary/aromatic N) is 1. The van der Waals surface area contributed by atoms with Crippen LogP contribution in [0.2, 0.25) is 0 Å². The maximum Gasteiger partial charge on any atom is 0.326 e. The van der Waals surface area contributed by atoms with Crippen LogP contribution in [0, 0.1) is 0 Å². The first-order valence-electron chi connectivity index (χ1n) is 5.54. The zero-order valence-electron chi connectivity index (χ0n) is 9.57. The lowest BCUT2D eigenvalue weighted by Gasteiger charge is -2.21. The van der Waals surface area contributed by atoms with Gasteiger partial charge in [-0.3, -0.25) is 0 Å². The van der Waals surface area contributed by atoms with E-state index in [1.165, 1.54) is 12.5 Å². The lowest BCUT2D eigenvalue weighted by atomic mass is 10.2. The summed E-state index contributed by atoms with van der Waals surface area (Å²) >= 11 is 0. The Morgan fingerprint density at radius 2 is 2.33 bits per heavy atom. The van der Waals surface area contributed by atoms with Crippen molar-refractivity contribution in [3.8, 4) is 0 Å². The highest BCUT2D eigenvalue weighted by molar-refractivity contribution is 5.83. The summed E-state index contributed by atoms with van der Waals surface area (Å²) in [5, 5.41) is 21.0. The minimum absolute atomic E-state index is 0.0359. The van der Waals surface area contributed by atoms with Gasteiger partial charge in [0.25, 0.3) is 0 Å². The van der Waals surface area contributed by atoms with Crippen LogP contribution in [-0.2, 0) is 11.3 Å². The number of aliphatic carboxylic acids is 1. The van der Waals surface area contributed by atoms with Crippen LogP contribution < -0.4 is 5.32 Å². The first-order chi connectivity index (χ1) is 8.58. The minimum atomic E-state index is -1.11. The number of hydrogen-bond donors (Lipinski definition) is 3. The molecular weight excluding hydrogens is 240 g/mol. The molecule has 1 saturated heterocycles. The van der Waals surface area contributed by atoms with E-state index in [0.717, 1.165) is 10.5 Å². The molecule has 2 atom stereocenters. The Morgan fingerprint density at radius 1 is 1.56 bits per heavy atom. The Kier molecular flexibility index (Phi) is 3.52. The number of hydrogen-bond acceptors (Lipinski definition) is 4. The van der Waals surface area contributed by atoms with Gasteiger partial charge in [0.1, 0.15) is 6.04 Å². The molecule has 1 aliphatic rings. The number of nitrogens with one attached hydrogen (secondary N) is 1. The second kappa shape index (κ2) is 5.09. The molecule has 1 aliphatic heterocycles. The number of β-amino-alcohol motifs (C(OH)–C–C–N with tert-alkyl or cyclic N) is 1. The van der Waals surface area contributed by atoms with E-state index in [9.17, 15) is 14.7 Å². The molecule has 0 saturated carbocycles. The summed E-state index contributed by atoms with van der Waals surface area (Å²) in [7, 11) is 0. The molecule has 2 amide bonds. The zero-order valence-corrected chi connectivity index (χ0v) is 9.57. The Bertz CT molecular complexity index is 431. The molecule has 1 fully saturated rings. The number of carboxylic acid groups (broad SMARTS) is 1. The number of carboxylic acids is 1. The summed E-state index contributed by atoms with van der Waals surface area (Å²) in [5.74, 6) is -1.11. The van der Waals surface area contributed by atoms with E-state index < -0.39 is 24.1 Å². The number of urea groups is 1. The number of aliphatic hydroxyl groups is 1. The molecule has 7 heteroatoms. The van der Waals surface area contributed by atoms with Crippen molar-refractivity contribution in [3.63, 3.8) is 0 Å². The molecule has 0 aliphatic carbocycles. The number of amides is 2. The Morgan fingerprint density at radius 3 is 2.94 bits per heavy atom. The van der Waals surface area contributed by atoms with E-state index in [0.29, 0.717) is 0 Å². The zero-order chi connectivity index (χ0) is 13.1. The predicted molar refractivity (Wildman–Crippen MR) is 59.7 cm³/mol. The second-order valence-corrected chi connectivity index (χ2v) is 4.19. The minimum Gasteiger partial charge on any atom is -0.480 e. The molecule has 1 aromatic heterocycles. The molecule has 7 nitrogen and oxygen atoms in total. The number of aliphatic hydroxyl groups excluding tert-OH is 1. The van der Waals surface area contributed by atoms with Crippen LogP contribution in [0.15, 0.2) is 23.0 Å². The van der Waals surface area contributed by atoms with Crippen molar-refractivity contribution in [1.82, 2.24) is 10.2 Å². The molecule has 1 aromatic rings. The van der Waals surface area contributed by atoms with Crippen molar-refractivity contribution in [3.05, 3.63) is 24.2 Å². The normalized spacial score (nSPS) is 23.1. The van der Waals surface area contributed by atoms with Crippen molar-refractivity contribution in [2.75, 3.05) is 6.54 Å². The second-order valence-electron chi connectivity index (χ2n) is 4.19. The molecule has 0 aromatic carbocycles. The quantitative estimate of drug-likeness (QED) is 0.705. The average Bonchev–Trinajstić information content (AvgIpc) is 2.94. The van der Waals surface area contributed by atoms with E-state index in [4.69, 9.17) is 9.52 Å². The number of carbonyl (C=O) groups excluding carboxylic acids is 1. The van der Waals surface area contributed by atoms with Gasteiger partial charge in [-0.1, -0.05) is 0 Å². The average molecular weight is 254 g/mol. The number of likely N-dealkylation sites (tertiary alicyclic amines) is 1. The molecule has 0 bridgehead atoms. The Balaban J connectivity index is 1.93. The van der Waals surface area contributed by atoms with Gasteiger partial charge in [0.15, 0.2) is 0 Å². The third-order valence-corrected chi connectivity index (χ3v) is 2.85. The highest BCUT2D eigenvalue weighted by Crippen LogP contribution is 2.18. The monoisotopic (exact) mass is 254 g/mol. The standard InChI is InChI=1S/C11H14N2O5/c14-8-3-9(10(15)16)13(5-8)11(17)12-4-7-1-2-18-6-7/h1-2,6,8-9,14H,3-5H2,(H,12,17)(H,15,16)/t8-,9-/m0/s1. The van der Waals surface area contributed by atoms with Crippen molar-refractivity contribution in [1.29, 1.82) is 0 Å². The van der Waals surface area contributed by atoms with Crippen molar-refractivity contribution < 1.29 is 24.2 Å². The maximum absolute atomic E-state index is 11.8. The van der Waals surface area contributed by atoms with Crippen LogP contribution in [0.1, 0.15) is 12.0 Å². The van der Waals surface area contributed by atoms with E-state index >= 15 is 0 Å². The van der Waals surface area contributed by atoms with E-state index in [-0.39, 0.29) is 19.5 Å². The summed E-state index contributed by atoms with van der Waals surface area (Å²) in [6, 6.07) is 0.234. The molecule has 0 spiro atoms. The molecule has 2 heterocycles. The SMILES string of the molecule is O=C(O)[C@@H]1C[C@H](O)CN1C(=O)NCc1ccoc1. The summed E-state index contributed by atoms with van der Waals surface area (Å²) in [4.78, 5) is 23.9. The third kappa shape index (κ3) is 2.62. The van der Waals surface area contributed by atoms with E-state index in [2.05, 4.69) is 5.32 Å². The van der Waals surface area contributed by atoms with Crippen LogP contribution in [0.4, 0.5) is 4.79 Å².